The van der Waals surface area contributed by atoms with Crippen LogP contribution >= 0.6 is 0 Å². The summed E-state index contributed by atoms with van der Waals surface area (Å²) in [5.74, 6) is 0.0803. The zero-order chi connectivity index (χ0) is 20.5. The average molecular weight is 386 g/mol. The van der Waals surface area contributed by atoms with Gasteiger partial charge in [0.25, 0.3) is 11.6 Å². The van der Waals surface area contributed by atoms with Crippen molar-refractivity contribution in [3.8, 4) is 11.3 Å². The number of amides is 1. The van der Waals surface area contributed by atoms with Gasteiger partial charge in [0.2, 0.25) is 0 Å². The first kappa shape index (κ1) is 18.4. The van der Waals surface area contributed by atoms with Gasteiger partial charge < -0.3 is 5.32 Å². The normalized spacial score (nSPS) is 10.8. The highest BCUT2D eigenvalue weighted by Gasteiger charge is 2.20. The van der Waals surface area contributed by atoms with E-state index in [1.807, 2.05) is 60.0 Å². The minimum Gasteiger partial charge on any atom is -0.306 e. The fourth-order valence-electron chi connectivity index (χ4n) is 3.25. The molecule has 2 aromatic carbocycles. The van der Waals surface area contributed by atoms with Gasteiger partial charge in [0.15, 0.2) is 0 Å². The van der Waals surface area contributed by atoms with Gasteiger partial charge in [-0.15, -0.1) is 0 Å². The number of carbonyl (C=O) groups is 1. The number of aromatic nitrogens is 2. The highest BCUT2D eigenvalue weighted by molar-refractivity contribution is 6.06. The largest absolute Gasteiger partial charge is 0.306 e. The standard InChI is InChI=1S/C22H18N4O3/c1-14-10-11-17(13-18(14)26(28)29)22(27)24-21-19(16-8-4-3-5-9-16)23-20-15(2)7-6-12-25(20)21/h3-13H,1-2H3,(H,24,27). The van der Waals surface area contributed by atoms with Crippen molar-refractivity contribution in [3.63, 3.8) is 0 Å². The number of nitrogens with one attached hydrogen (secondary N) is 1. The summed E-state index contributed by atoms with van der Waals surface area (Å²) in [4.78, 5) is 28.4. The van der Waals surface area contributed by atoms with Crippen LogP contribution in [-0.2, 0) is 0 Å². The molecular weight excluding hydrogens is 368 g/mol. The van der Waals surface area contributed by atoms with E-state index in [1.54, 1.807) is 19.1 Å². The van der Waals surface area contributed by atoms with Crippen LogP contribution < -0.4 is 5.32 Å². The van der Waals surface area contributed by atoms with Gasteiger partial charge in [-0.2, -0.15) is 0 Å². The summed E-state index contributed by atoms with van der Waals surface area (Å²) >= 11 is 0. The summed E-state index contributed by atoms with van der Waals surface area (Å²) in [6, 6.07) is 17.8. The van der Waals surface area contributed by atoms with Crippen molar-refractivity contribution in [2.45, 2.75) is 13.8 Å². The Kier molecular flexibility index (Phi) is 4.56. The quantitative estimate of drug-likeness (QED) is 0.404. The summed E-state index contributed by atoms with van der Waals surface area (Å²) in [6.07, 6.45) is 1.83. The van der Waals surface area contributed by atoms with Gasteiger partial charge in [0, 0.05) is 29.0 Å². The molecule has 0 fully saturated rings. The number of nitro groups is 1. The lowest BCUT2D eigenvalue weighted by molar-refractivity contribution is -0.385. The van der Waals surface area contributed by atoms with Crippen LogP contribution in [0, 0.1) is 24.0 Å². The minimum absolute atomic E-state index is 0.0880. The molecule has 0 radical (unpaired) electrons. The molecular formula is C22H18N4O3. The molecule has 1 amide bonds. The van der Waals surface area contributed by atoms with Gasteiger partial charge in [-0.3, -0.25) is 19.3 Å². The lowest BCUT2D eigenvalue weighted by Crippen LogP contribution is -2.14. The molecule has 2 aromatic heterocycles. The Balaban J connectivity index is 1.82. The summed E-state index contributed by atoms with van der Waals surface area (Å²) in [6.45, 7) is 3.59. The number of imidazole rings is 1. The molecule has 0 aliphatic heterocycles. The molecule has 0 spiro atoms. The second kappa shape index (κ2) is 7.20. The van der Waals surface area contributed by atoms with Crippen molar-refractivity contribution in [2.75, 3.05) is 5.32 Å². The van der Waals surface area contributed by atoms with Crippen LogP contribution in [0.15, 0.2) is 66.9 Å². The topological polar surface area (TPSA) is 89.5 Å². The van der Waals surface area contributed by atoms with Crippen molar-refractivity contribution in [2.24, 2.45) is 0 Å². The lowest BCUT2D eigenvalue weighted by Gasteiger charge is -2.09. The molecule has 0 unspecified atom stereocenters. The third-order valence-electron chi connectivity index (χ3n) is 4.79. The molecule has 0 atom stereocenters. The van der Waals surface area contributed by atoms with Gasteiger partial charge in [-0.1, -0.05) is 42.5 Å². The Labute approximate surface area is 166 Å². The Morgan fingerprint density at radius 1 is 1.03 bits per heavy atom. The number of aryl methyl sites for hydroxylation is 2. The van der Waals surface area contributed by atoms with Crippen LogP contribution in [-0.4, -0.2) is 20.2 Å². The predicted molar refractivity (Wildman–Crippen MR) is 111 cm³/mol. The molecule has 0 bridgehead atoms. The molecule has 0 saturated heterocycles. The summed E-state index contributed by atoms with van der Waals surface area (Å²) in [7, 11) is 0. The third-order valence-corrected chi connectivity index (χ3v) is 4.79. The van der Waals surface area contributed by atoms with Crippen LogP contribution in [0.4, 0.5) is 11.5 Å². The van der Waals surface area contributed by atoms with Gasteiger partial charge in [-0.25, -0.2) is 4.98 Å². The maximum Gasteiger partial charge on any atom is 0.273 e. The van der Waals surface area contributed by atoms with E-state index in [2.05, 4.69) is 5.32 Å². The third kappa shape index (κ3) is 3.34. The molecule has 7 nitrogen and oxygen atoms in total. The minimum atomic E-state index is -0.487. The number of anilines is 1. The monoisotopic (exact) mass is 386 g/mol. The molecule has 4 rings (SSSR count). The van der Waals surface area contributed by atoms with E-state index >= 15 is 0 Å². The van der Waals surface area contributed by atoms with Gasteiger partial charge >= 0.3 is 0 Å². The maximum atomic E-state index is 12.9. The first-order valence-corrected chi connectivity index (χ1v) is 9.05. The molecule has 2 heterocycles. The SMILES string of the molecule is Cc1ccc(C(=O)Nc2c(-c3ccccc3)nc3c(C)cccn23)cc1[N+](=O)[O-]. The smallest absolute Gasteiger partial charge is 0.273 e. The average Bonchev–Trinajstić information content (AvgIpc) is 3.08. The van der Waals surface area contributed by atoms with Crippen LogP contribution in [0.5, 0.6) is 0 Å². The lowest BCUT2D eigenvalue weighted by atomic mass is 10.1. The number of hydrogen-bond donors (Lipinski definition) is 1. The molecule has 4 aromatic rings. The first-order chi connectivity index (χ1) is 14.0. The van der Waals surface area contributed by atoms with E-state index in [-0.39, 0.29) is 11.3 Å². The maximum absolute atomic E-state index is 12.9. The fraction of sp³-hybridized carbons (Fsp3) is 0.0909. The van der Waals surface area contributed by atoms with Crippen LogP contribution in [0.3, 0.4) is 0 Å². The van der Waals surface area contributed by atoms with E-state index in [1.165, 1.54) is 6.07 Å². The Morgan fingerprint density at radius 2 is 1.79 bits per heavy atom. The van der Waals surface area contributed by atoms with Crippen LogP contribution in [0.25, 0.3) is 16.9 Å². The summed E-state index contributed by atoms with van der Waals surface area (Å²) < 4.78 is 1.82. The number of nitrogens with zero attached hydrogens (tertiary/aromatic N) is 3. The summed E-state index contributed by atoms with van der Waals surface area (Å²) in [5.41, 5.74) is 3.82. The van der Waals surface area contributed by atoms with Crippen molar-refractivity contribution in [1.29, 1.82) is 0 Å². The van der Waals surface area contributed by atoms with Gasteiger partial charge in [0.1, 0.15) is 17.2 Å². The number of pyridine rings is 1. The van der Waals surface area contributed by atoms with E-state index in [4.69, 9.17) is 4.98 Å². The van der Waals surface area contributed by atoms with E-state index in [0.29, 0.717) is 17.1 Å². The molecule has 7 heteroatoms. The fourth-order valence-corrected chi connectivity index (χ4v) is 3.25. The molecule has 0 aliphatic carbocycles. The van der Waals surface area contributed by atoms with Crippen molar-refractivity contribution in [1.82, 2.24) is 9.38 Å². The predicted octanol–water partition coefficient (Wildman–Crippen LogP) is 4.78. The van der Waals surface area contributed by atoms with Gasteiger partial charge in [0.05, 0.1) is 4.92 Å². The van der Waals surface area contributed by atoms with Crippen molar-refractivity contribution in [3.05, 3.63) is 93.7 Å². The van der Waals surface area contributed by atoms with Crippen molar-refractivity contribution >= 4 is 23.1 Å². The number of fused-ring (bicyclic) bond motifs is 1. The zero-order valence-corrected chi connectivity index (χ0v) is 15.9. The Hall–Kier alpha value is -4.00. The molecule has 144 valence electrons. The Bertz CT molecular complexity index is 1250. The van der Waals surface area contributed by atoms with Crippen LogP contribution in [0.2, 0.25) is 0 Å². The van der Waals surface area contributed by atoms with Crippen LogP contribution in [0.1, 0.15) is 21.5 Å². The van der Waals surface area contributed by atoms with Gasteiger partial charge in [-0.05, 0) is 31.5 Å². The van der Waals surface area contributed by atoms with E-state index in [9.17, 15) is 14.9 Å². The highest BCUT2D eigenvalue weighted by atomic mass is 16.6. The van der Waals surface area contributed by atoms with E-state index in [0.717, 1.165) is 16.8 Å². The second-order valence-corrected chi connectivity index (χ2v) is 6.77. The number of carbonyl (C=O) groups excluding carboxylic acids is 1. The molecule has 0 saturated carbocycles. The number of rotatable bonds is 4. The molecule has 1 N–H and O–H groups in total. The number of hydrogen-bond acceptors (Lipinski definition) is 4. The number of benzene rings is 2. The Morgan fingerprint density at radius 3 is 2.52 bits per heavy atom. The molecule has 29 heavy (non-hydrogen) atoms. The molecule has 0 aliphatic rings. The number of nitro benzene ring substituents is 1. The second-order valence-electron chi connectivity index (χ2n) is 6.77. The van der Waals surface area contributed by atoms with Crippen molar-refractivity contribution < 1.29 is 9.72 Å². The zero-order valence-electron chi connectivity index (χ0n) is 15.9. The van der Waals surface area contributed by atoms with E-state index < -0.39 is 10.8 Å². The first-order valence-electron chi connectivity index (χ1n) is 9.05. The summed E-state index contributed by atoms with van der Waals surface area (Å²) in [5, 5.41) is 14.1. The highest BCUT2D eigenvalue weighted by Crippen LogP contribution is 2.30.